The van der Waals surface area contributed by atoms with E-state index in [1.165, 1.54) is 18.3 Å². The van der Waals surface area contributed by atoms with Gasteiger partial charge in [-0.2, -0.15) is 4.98 Å². The molecule has 3 aromatic carbocycles. The van der Waals surface area contributed by atoms with Crippen LogP contribution in [0.3, 0.4) is 0 Å². The van der Waals surface area contributed by atoms with Crippen molar-refractivity contribution in [1.29, 1.82) is 0 Å². The van der Waals surface area contributed by atoms with Crippen molar-refractivity contribution in [2.24, 2.45) is 0 Å². The smallest absolute Gasteiger partial charge is 0.255 e. The Balaban J connectivity index is 1.51. The lowest BCUT2D eigenvalue weighted by molar-refractivity contribution is 0.102. The van der Waals surface area contributed by atoms with E-state index in [-0.39, 0.29) is 17.6 Å². The number of methoxy groups -OCH3 is 1. The number of amides is 1. The molecular formula is C24H18FN3O3. The van der Waals surface area contributed by atoms with Crippen LogP contribution in [0, 0.1) is 5.82 Å². The summed E-state index contributed by atoms with van der Waals surface area (Å²) in [6.45, 7) is 0. The van der Waals surface area contributed by atoms with Gasteiger partial charge < -0.3 is 14.8 Å². The van der Waals surface area contributed by atoms with Gasteiger partial charge in [0.2, 0.25) is 5.88 Å². The van der Waals surface area contributed by atoms with Gasteiger partial charge in [-0.3, -0.25) is 4.79 Å². The summed E-state index contributed by atoms with van der Waals surface area (Å²) < 4.78 is 24.5. The van der Waals surface area contributed by atoms with Crippen molar-refractivity contribution in [2.45, 2.75) is 0 Å². The molecule has 1 heterocycles. The number of rotatable bonds is 6. The highest BCUT2D eigenvalue weighted by atomic mass is 19.1. The van der Waals surface area contributed by atoms with E-state index in [1.807, 2.05) is 0 Å². The molecule has 4 rings (SSSR count). The molecule has 1 N–H and O–H groups in total. The molecule has 0 aliphatic heterocycles. The van der Waals surface area contributed by atoms with E-state index in [0.717, 1.165) is 0 Å². The average molecular weight is 415 g/mol. The van der Waals surface area contributed by atoms with Crippen molar-refractivity contribution in [2.75, 3.05) is 12.4 Å². The zero-order valence-electron chi connectivity index (χ0n) is 16.6. The zero-order chi connectivity index (χ0) is 21.6. The maximum Gasteiger partial charge on any atom is 0.255 e. The molecule has 6 nitrogen and oxygen atoms in total. The Bertz CT molecular complexity index is 1230. The Labute approximate surface area is 178 Å². The number of nitrogens with one attached hydrogen (secondary N) is 1. The van der Waals surface area contributed by atoms with E-state index < -0.39 is 0 Å². The maximum absolute atomic E-state index is 13.5. The largest absolute Gasteiger partial charge is 0.497 e. The van der Waals surface area contributed by atoms with Gasteiger partial charge in [-0.15, -0.1) is 0 Å². The molecule has 0 bridgehead atoms. The molecule has 0 spiro atoms. The molecule has 0 radical (unpaired) electrons. The van der Waals surface area contributed by atoms with Crippen molar-refractivity contribution in [3.63, 3.8) is 0 Å². The van der Waals surface area contributed by atoms with Gasteiger partial charge in [-0.1, -0.05) is 24.3 Å². The number of carbonyl (C=O) groups is 1. The van der Waals surface area contributed by atoms with Gasteiger partial charge in [0.1, 0.15) is 17.3 Å². The summed E-state index contributed by atoms with van der Waals surface area (Å²) in [6, 6.07) is 21.4. The first-order chi connectivity index (χ1) is 15.1. The number of nitrogens with zero attached hydrogens (tertiary/aromatic N) is 2. The van der Waals surface area contributed by atoms with E-state index >= 15 is 0 Å². The maximum atomic E-state index is 13.5. The summed E-state index contributed by atoms with van der Waals surface area (Å²) >= 11 is 0. The molecule has 0 aliphatic rings. The third-order valence-corrected chi connectivity index (χ3v) is 4.36. The Morgan fingerprint density at radius 3 is 2.58 bits per heavy atom. The third kappa shape index (κ3) is 5.02. The van der Waals surface area contributed by atoms with Gasteiger partial charge >= 0.3 is 0 Å². The van der Waals surface area contributed by atoms with E-state index in [0.29, 0.717) is 34.1 Å². The monoisotopic (exact) mass is 415 g/mol. The molecular weight excluding hydrogens is 397 g/mol. The van der Waals surface area contributed by atoms with Gasteiger partial charge in [0.25, 0.3) is 5.91 Å². The number of hydrogen-bond acceptors (Lipinski definition) is 5. The SMILES string of the molecule is COc1cccc(NC(=O)c2cccc(Oc3ccnc(-c4cccc(F)c4)n3)c2)c1. The molecule has 154 valence electrons. The minimum atomic E-state index is -0.373. The third-order valence-electron chi connectivity index (χ3n) is 4.36. The Morgan fingerprint density at radius 1 is 0.935 bits per heavy atom. The number of benzene rings is 3. The molecule has 31 heavy (non-hydrogen) atoms. The van der Waals surface area contributed by atoms with Crippen LogP contribution in [-0.4, -0.2) is 23.0 Å². The van der Waals surface area contributed by atoms with Crippen LogP contribution < -0.4 is 14.8 Å². The molecule has 0 saturated carbocycles. The number of ether oxygens (including phenoxy) is 2. The zero-order valence-corrected chi connectivity index (χ0v) is 16.6. The summed E-state index contributed by atoms with van der Waals surface area (Å²) in [5.41, 5.74) is 1.57. The summed E-state index contributed by atoms with van der Waals surface area (Å²) in [4.78, 5) is 21.1. The number of halogens is 1. The van der Waals surface area contributed by atoms with Crippen molar-refractivity contribution in [1.82, 2.24) is 9.97 Å². The molecule has 0 fully saturated rings. The molecule has 0 saturated heterocycles. The second-order valence-corrected chi connectivity index (χ2v) is 6.54. The first-order valence-electron chi connectivity index (χ1n) is 9.43. The summed E-state index contributed by atoms with van der Waals surface area (Å²) in [5.74, 6) is 1.03. The number of carbonyl (C=O) groups excluding carboxylic acids is 1. The fourth-order valence-electron chi connectivity index (χ4n) is 2.89. The predicted octanol–water partition coefficient (Wildman–Crippen LogP) is 5.34. The molecule has 1 amide bonds. The molecule has 0 aliphatic carbocycles. The Kier molecular flexibility index (Phi) is 5.84. The summed E-state index contributed by atoms with van der Waals surface area (Å²) in [7, 11) is 1.56. The van der Waals surface area contributed by atoms with E-state index in [2.05, 4.69) is 15.3 Å². The minimum Gasteiger partial charge on any atom is -0.497 e. The van der Waals surface area contributed by atoms with Crippen molar-refractivity contribution >= 4 is 11.6 Å². The van der Waals surface area contributed by atoms with Gasteiger partial charge in [0, 0.05) is 35.1 Å². The van der Waals surface area contributed by atoms with Crippen LogP contribution in [0.15, 0.2) is 85.1 Å². The van der Waals surface area contributed by atoms with Crippen LogP contribution in [-0.2, 0) is 0 Å². The lowest BCUT2D eigenvalue weighted by Gasteiger charge is -2.09. The average Bonchev–Trinajstić information content (AvgIpc) is 2.79. The number of anilines is 1. The standard InChI is InChI=1S/C24H18FN3O3/c1-30-20-9-4-8-19(15-20)27-24(29)17-6-3-10-21(14-17)31-22-11-12-26-23(28-22)16-5-2-7-18(25)13-16/h2-15H,1H3,(H,27,29). The topological polar surface area (TPSA) is 73.3 Å². The Morgan fingerprint density at radius 2 is 1.74 bits per heavy atom. The van der Waals surface area contributed by atoms with Crippen LogP contribution in [0.25, 0.3) is 11.4 Å². The molecule has 1 aromatic heterocycles. The minimum absolute atomic E-state index is 0.277. The van der Waals surface area contributed by atoms with Gasteiger partial charge in [-0.25, -0.2) is 9.37 Å². The normalized spacial score (nSPS) is 10.4. The van der Waals surface area contributed by atoms with Crippen LogP contribution in [0.4, 0.5) is 10.1 Å². The first-order valence-corrected chi connectivity index (χ1v) is 9.43. The highest BCUT2D eigenvalue weighted by molar-refractivity contribution is 6.04. The highest BCUT2D eigenvalue weighted by Crippen LogP contribution is 2.24. The second kappa shape index (κ2) is 9.04. The molecule has 7 heteroatoms. The van der Waals surface area contributed by atoms with E-state index in [1.54, 1.807) is 73.8 Å². The number of aromatic nitrogens is 2. The number of hydrogen-bond donors (Lipinski definition) is 1. The van der Waals surface area contributed by atoms with Gasteiger partial charge in [0.15, 0.2) is 5.82 Å². The van der Waals surface area contributed by atoms with Gasteiger partial charge in [-0.05, 0) is 42.5 Å². The van der Waals surface area contributed by atoms with Crippen molar-refractivity contribution in [3.05, 3.63) is 96.4 Å². The lowest BCUT2D eigenvalue weighted by atomic mass is 10.2. The molecule has 4 aromatic rings. The van der Waals surface area contributed by atoms with E-state index in [9.17, 15) is 9.18 Å². The Hall–Kier alpha value is -4.26. The predicted molar refractivity (Wildman–Crippen MR) is 115 cm³/mol. The van der Waals surface area contributed by atoms with E-state index in [4.69, 9.17) is 9.47 Å². The fourth-order valence-corrected chi connectivity index (χ4v) is 2.89. The van der Waals surface area contributed by atoms with Crippen LogP contribution in [0.2, 0.25) is 0 Å². The highest BCUT2D eigenvalue weighted by Gasteiger charge is 2.10. The summed E-state index contributed by atoms with van der Waals surface area (Å²) in [6.07, 6.45) is 1.53. The lowest BCUT2D eigenvalue weighted by Crippen LogP contribution is -2.11. The quantitative estimate of drug-likeness (QED) is 0.460. The fraction of sp³-hybridized carbons (Fsp3) is 0.0417. The summed E-state index contributed by atoms with van der Waals surface area (Å²) in [5, 5.41) is 2.82. The second-order valence-electron chi connectivity index (χ2n) is 6.54. The van der Waals surface area contributed by atoms with Crippen molar-refractivity contribution < 1.29 is 18.7 Å². The van der Waals surface area contributed by atoms with Crippen LogP contribution in [0.5, 0.6) is 17.4 Å². The molecule has 0 atom stereocenters. The van der Waals surface area contributed by atoms with Crippen LogP contribution in [0.1, 0.15) is 10.4 Å². The first kappa shape index (κ1) is 20.0. The molecule has 0 unspecified atom stereocenters. The van der Waals surface area contributed by atoms with Crippen molar-refractivity contribution in [3.8, 4) is 28.8 Å². The van der Waals surface area contributed by atoms with Gasteiger partial charge in [0.05, 0.1) is 7.11 Å². The van der Waals surface area contributed by atoms with Crippen LogP contribution >= 0.6 is 0 Å².